The molecule has 0 aromatic heterocycles. The van der Waals surface area contributed by atoms with E-state index >= 15 is 0 Å². The van der Waals surface area contributed by atoms with Gasteiger partial charge in [0.15, 0.2) is 0 Å². The van der Waals surface area contributed by atoms with Crippen LogP contribution in [0.15, 0.2) is 46.9 Å². The smallest absolute Gasteiger partial charge is 0.259 e. The molecule has 2 amide bonds. The summed E-state index contributed by atoms with van der Waals surface area (Å²) in [6.45, 7) is 1.64. The van der Waals surface area contributed by atoms with Gasteiger partial charge in [0.25, 0.3) is 11.8 Å². The normalized spacial score (nSPS) is 14.0. The number of benzene rings is 2. The van der Waals surface area contributed by atoms with Crippen LogP contribution in [0, 0.1) is 0 Å². The molecule has 2 aromatic carbocycles. The fourth-order valence-electron chi connectivity index (χ4n) is 3.03. The van der Waals surface area contributed by atoms with Gasteiger partial charge >= 0.3 is 0 Å². The molecule has 6 heteroatoms. The van der Waals surface area contributed by atoms with Gasteiger partial charge in [-0.2, -0.15) is 0 Å². The molecule has 3 rings (SSSR count). The lowest BCUT2D eigenvalue weighted by molar-refractivity contribution is 0.0724. The fourth-order valence-corrected chi connectivity index (χ4v) is 3.39. The molecule has 1 aliphatic heterocycles. The van der Waals surface area contributed by atoms with Crippen molar-refractivity contribution in [3.05, 3.63) is 58.1 Å². The third-order valence-corrected chi connectivity index (χ3v) is 4.93. The Kier molecular flexibility index (Phi) is 5.93. The standard InChI is InChI=1S/C20H21BrN2O3/c1-26-18-10-7-15(21)13-17(18)19(24)22-16-8-5-14(6-9-16)20(25)23-11-3-2-4-12-23/h5-10,13H,2-4,11-12H2,1H3,(H,22,24). The van der Waals surface area contributed by atoms with E-state index in [1.165, 1.54) is 13.5 Å². The first-order valence-corrected chi connectivity index (χ1v) is 9.42. The fraction of sp³-hybridized carbons (Fsp3) is 0.300. The van der Waals surface area contributed by atoms with Crippen molar-refractivity contribution in [3.63, 3.8) is 0 Å². The molecule has 1 aliphatic rings. The molecule has 136 valence electrons. The average molecular weight is 417 g/mol. The molecule has 0 bridgehead atoms. The van der Waals surface area contributed by atoms with Crippen molar-refractivity contribution in [1.29, 1.82) is 0 Å². The van der Waals surface area contributed by atoms with E-state index in [1.54, 1.807) is 36.4 Å². The van der Waals surface area contributed by atoms with Gasteiger partial charge < -0.3 is 15.0 Å². The number of ether oxygens (including phenoxy) is 1. The van der Waals surface area contributed by atoms with Crippen LogP contribution in [0.2, 0.25) is 0 Å². The van der Waals surface area contributed by atoms with E-state index in [4.69, 9.17) is 4.74 Å². The number of nitrogens with one attached hydrogen (secondary N) is 1. The van der Waals surface area contributed by atoms with E-state index in [2.05, 4.69) is 21.2 Å². The number of hydrogen-bond donors (Lipinski definition) is 1. The predicted octanol–water partition coefficient (Wildman–Crippen LogP) is 4.34. The van der Waals surface area contributed by atoms with Gasteiger partial charge in [-0.05, 0) is 61.7 Å². The minimum atomic E-state index is -0.266. The monoisotopic (exact) mass is 416 g/mol. The molecule has 0 atom stereocenters. The van der Waals surface area contributed by atoms with Crippen LogP contribution < -0.4 is 10.1 Å². The number of amides is 2. The Bertz CT molecular complexity index is 799. The number of rotatable bonds is 4. The van der Waals surface area contributed by atoms with Crippen molar-refractivity contribution in [2.45, 2.75) is 19.3 Å². The van der Waals surface area contributed by atoms with Gasteiger partial charge in [0.1, 0.15) is 5.75 Å². The Morgan fingerprint density at radius 3 is 2.38 bits per heavy atom. The highest BCUT2D eigenvalue weighted by molar-refractivity contribution is 9.10. The topological polar surface area (TPSA) is 58.6 Å². The number of piperidine rings is 1. The largest absolute Gasteiger partial charge is 0.496 e. The number of likely N-dealkylation sites (tertiary alicyclic amines) is 1. The Balaban J connectivity index is 1.70. The predicted molar refractivity (Wildman–Crippen MR) is 105 cm³/mol. The molecular weight excluding hydrogens is 396 g/mol. The molecule has 26 heavy (non-hydrogen) atoms. The number of carbonyl (C=O) groups is 2. The zero-order chi connectivity index (χ0) is 18.5. The molecule has 0 spiro atoms. The molecule has 0 saturated carbocycles. The zero-order valence-electron chi connectivity index (χ0n) is 14.6. The molecule has 1 heterocycles. The second-order valence-corrected chi connectivity index (χ2v) is 7.14. The maximum Gasteiger partial charge on any atom is 0.259 e. The van der Waals surface area contributed by atoms with Gasteiger partial charge in [0.05, 0.1) is 12.7 Å². The summed E-state index contributed by atoms with van der Waals surface area (Å²) >= 11 is 3.36. The molecule has 1 saturated heterocycles. The van der Waals surface area contributed by atoms with E-state index in [9.17, 15) is 9.59 Å². The molecule has 0 unspecified atom stereocenters. The van der Waals surface area contributed by atoms with Crippen LogP contribution in [0.5, 0.6) is 5.75 Å². The SMILES string of the molecule is COc1ccc(Br)cc1C(=O)Nc1ccc(C(=O)N2CCCCC2)cc1. The van der Waals surface area contributed by atoms with Crippen molar-refractivity contribution in [2.75, 3.05) is 25.5 Å². The minimum absolute atomic E-state index is 0.0521. The van der Waals surface area contributed by atoms with E-state index < -0.39 is 0 Å². The number of halogens is 1. The highest BCUT2D eigenvalue weighted by atomic mass is 79.9. The highest BCUT2D eigenvalue weighted by Gasteiger charge is 2.18. The van der Waals surface area contributed by atoms with Crippen LogP contribution in [0.1, 0.15) is 40.0 Å². The summed E-state index contributed by atoms with van der Waals surface area (Å²) in [5.74, 6) is 0.289. The Morgan fingerprint density at radius 1 is 1.04 bits per heavy atom. The van der Waals surface area contributed by atoms with E-state index in [0.29, 0.717) is 22.6 Å². The van der Waals surface area contributed by atoms with Crippen molar-refractivity contribution >= 4 is 33.4 Å². The summed E-state index contributed by atoms with van der Waals surface area (Å²) < 4.78 is 6.04. The molecule has 5 nitrogen and oxygen atoms in total. The first-order chi connectivity index (χ1) is 12.6. The average Bonchev–Trinajstić information content (AvgIpc) is 2.68. The van der Waals surface area contributed by atoms with Crippen molar-refractivity contribution in [2.24, 2.45) is 0 Å². The van der Waals surface area contributed by atoms with E-state index in [-0.39, 0.29) is 11.8 Å². The summed E-state index contributed by atoms with van der Waals surface area (Å²) in [4.78, 5) is 26.9. The third kappa shape index (κ3) is 4.25. The van der Waals surface area contributed by atoms with Gasteiger partial charge in [-0.15, -0.1) is 0 Å². The molecule has 2 aromatic rings. The number of methoxy groups -OCH3 is 1. The lowest BCUT2D eigenvalue weighted by Gasteiger charge is -2.26. The quantitative estimate of drug-likeness (QED) is 0.806. The maximum atomic E-state index is 12.5. The first kappa shape index (κ1) is 18.5. The zero-order valence-corrected chi connectivity index (χ0v) is 16.2. The highest BCUT2D eigenvalue weighted by Crippen LogP contribution is 2.24. The van der Waals surface area contributed by atoms with Crippen molar-refractivity contribution < 1.29 is 14.3 Å². The van der Waals surface area contributed by atoms with Crippen LogP contribution in [-0.2, 0) is 0 Å². The van der Waals surface area contributed by atoms with Crippen LogP contribution in [-0.4, -0.2) is 36.9 Å². The van der Waals surface area contributed by atoms with Gasteiger partial charge in [-0.1, -0.05) is 15.9 Å². The molecular formula is C20H21BrN2O3. The minimum Gasteiger partial charge on any atom is -0.496 e. The van der Waals surface area contributed by atoms with Gasteiger partial charge in [-0.25, -0.2) is 0 Å². The Hall–Kier alpha value is -2.34. The Labute approximate surface area is 161 Å². The lowest BCUT2D eigenvalue weighted by Crippen LogP contribution is -2.35. The summed E-state index contributed by atoms with van der Waals surface area (Å²) in [7, 11) is 1.53. The summed E-state index contributed by atoms with van der Waals surface area (Å²) in [6, 6.07) is 12.3. The Morgan fingerprint density at radius 2 is 1.73 bits per heavy atom. The molecule has 0 radical (unpaired) electrons. The molecule has 0 aliphatic carbocycles. The summed E-state index contributed by atoms with van der Waals surface area (Å²) in [5, 5.41) is 2.84. The van der Waals surface area contributed by atoms with Gasteiger partial charge in [-0.3, -0.25) is 9.59 Å². The van der Waals surface area contributed by atoms with Crippen molar-refractivity contribution in [3.8, 4) is 5.75 Å². The van der Waals surface area contributed by atoms with Gasteiger partial charge in [0.2, 0.25) is 0 Å². The maximum absolute atomic E-state index is 12.5. The summed E-state index contributed by atoms with van der Waals surface area (Å²) in [5.41, 5.74) is 1.72. The van der Waals surface area contributed by atoms with Crippen LogP contribution in [0.3, 0.4) is 0 Å². The molecule has 1 N–H and O–H groups in total. The number of hydrogen-bond acceptors (Lipinski definition) is 3. The van der Waals surface area contributed by atoms with Crippen LogP contribution in [0.4, 0.5) is 5.69 Å². The van der Waals surface area contributed by atoms with Crippen LogP contribution >= 0.6 is 15.9 Å². The van der Waals surface area contributed by atoms with E-state index in [1.807, 2.05) is 11.0 Å². The number of anilines is 1. The lowest BCUT2D eigenvalue weighted by atomic mass is 10.1. The second-order valence-electron chi connectivity index (χ2n) is 6.23. The van der Waals surface area contributed by atoms with Crippen molar-refractivity contribution in [1.82, 2.24) is 4.90 Å². The van der Waals surface area contributed by atoms with E-state index in [0.717, 1.165) is 30.4 Å². The third-order valence-electron chi connectivity index (χ3n) is 4.44. The van der Waals surface area contributed by atoms with Gasteiger partial charge in [0, 0.05) is 28.8 Å². The molecule has 1 fully saturated rings. The first-order valence-electron chi connectivity index (χ1n) is 8.63. The summed E-state index contributed by atoms with van der Waals surface area (Å²) in [6.07, 6.45) is 3.32. The van der Waals surface area contributed by atoms with Crippen LogP contribution in [0.25, 0.3) is 0 Å². The number of carbonyl (C=O) groups excluding carboxylic acids is 2. The number of nitrogens with zero attached hydrogens (tertiary/aromatic N) is 1. The second kappa shape index (κ2) is 8.36.